The van der Waals surface area contributed by atoms with Crippen LogP contribution in [0.25, 0.3) is 10.9 Å². The van der Waals surface area contributed by atoms with Crippen LogP contribution in [0.5, 0.6) is 0 Å². The number of pyridine rings is 1. The van der Waals surface area contributed by atoms with Gasteiger partial charge in [0.1, 0.15) is 5.82 Å². The molecule has 5 nitrogen and oxygen atoms in total. The summed E-state index contributed by atoms with van der Waals surface area (Å²) in [6, 6.07) is 14.3. The highest BCUT2D eigenvalue weighted by Crippen LogP contribution is 2.32. The van der Waals surface area contributed by atoms with E-state index in [1.54, 1.807) is 41.2 Å². The van der Waals surface area contributed by atoms with Crippen LogP contribution in [0.1, 0.15) is 21.6 Å². The molecule has 0 fully saturated rings. The largest absolute Gasteiger partial charge is 0.305 e. The first kappa shape index (κ1) is 19.7. The van der Waals surface area contributed by atoms with Gasteiger partial charge in [-0.2, -0.15) is 5.10 Å². The number of carbonyl (C=O) groups excluding carboxylic acids is 1. The molecule has 4 aromatic rings. The summed E-state index contributed by atoms with van der Waals surface area (Å²) in [5, 5.41) is 9.27. The zero-order valence-electron chi connectivity index (χ0n) is 15.3. The van der Waals surface area contributed by atoms with Crippen LogP contribution in [0, 0.1) is 6.92 Å². The molecule has 29 heavy (non-hydrogen) atoms. The minimum absolute atomic E-state index is 0.207. The van der Waals surface area contributed by atoms with Crippen LogP contribution in [0.2, 0.25) is 15.1 Å². The summed E-state index contributed by atoms with van der Waals surface area (Å²) < 4.78 is 1.66. The Bertz CT molecular complexity index is 1220. The number of rotatable bonds is 4. The number of nitrogens with one attached hydrogen (secondary N) is 1. The third-order valence-electron chi connectivity index (χ3n) is 4.41. The fourth-order valence-electron chi connectivity index (χ4n) is 3.07. The maximum absolute atomic E-state index is 12.9. The van der Waals surface area contributed by atoms with E-state index in [0.717, 1.165) is 11.1 Å². The zero-order chi connectivity index (χ0) is 20.5. The van der Waals surface area contributed by atoms with Crippen molar-refractivity contribution in [3.63, 3.8) is 0 Å². The normalized spacial score (nSPS) is 11.0. The zero-order valence-corrected chi connectivity index (χ0v) is 17.6. The Morgan fingerprint density at radius 2 is 1.90 bits per heavy atom. The van der Waals surface area contributed by atoms with Crippen molar-refractivity contribution in [3.8, 4) is 0 Å². The van der Waals surface area contributed by atoms with Crippen molar-refractivity contribution < 1.29 is 4.79 Å². The van der Waals surface area contributed by atoms with E-state index < -0.39 is 5.91 Å². The molecule has 146 valence electrons. The van der Waals surface area contributed by atoms with Crippen molar-refractivity contribution in [2.75, 3.05) is 5.32 Å². The quantitative estimate of drug-likeness (QED) is 0.419. The van der Waals surface area contributed by atoms with E-state index >= 15 is 0 Å². The molecule has 4 rings (SSSR count). The number of fused-ring (bicyclic) bond motifs is 1. The molecule has 2 aromatic heterocycles. The fourth-order valence-corrected chi connectivity index (χ4v) is 3.96. The number of aromatic nitrogens is 3. The number of hydrogen-bond donors (Lipinski definition) is 1. The molecule has 0 aliphatic carbocycles. The highest BCUT2D eigenvalue weighted by atomic mass is 35.5. The summed E-state index contributed by atoms with van der Waals surface area (Å²) in [6.07, 6.45) is 1.60. The lowest BCUT2D eigenvalue weighted by Crippen LogP contribution is -2.14. The van der Waals surface area contributed by atoms with Crippen molar-refractivity contribution >= 4 is 57.4 Å². The lowest BCUT2D eigenvalue weighted by atomic mass is 10.1. The first-order valence-electron chi connectivity index (χ1n) is 8.75. The molecule has 0 aliphatic heterocycles. The van der Waals surface area contributed by atoms with Gasteiger partial charge in [0.2, 0.25) is 0 Å². The van der Waals surface area contributed by atoms with Gasteiger partial charge in [0.15, 0.2) is 5.69 Å². The second-order valence-corrected chi connectivity index (χ2v) is 7.80. The Balaban J connectivity index is 1.80. The van der Waals surface area contributed by atoms with E-state index in [1.165, 1.54) is 0 Å². The molecule has 0 atom stereocenters. The lowest BCUT2D eigenvalue weighted by Gasteiger charge is -2.08. The van der Waals surface area contributed by atoms with Crippen LogP contribution in [-0.2, 0) is 6.54 Å². The monoisotopic (exact) mass is 444 g/mol. The third kappa shape index (κ3) is 4.08. The first-order chi connectivity index (χ1) is 13.9. The molecule has 0 aliphatic rings. The first-order valence-corrected chi connectivity index (χ1v) is 9.89. The molecule has 1 amide bonds. The predicted molar refractivity (Wildman–Crippen MR) is 117 cm³/mol. The standard InChI is InChI=1S/C21H15Cl3N4O/c1-12-5-6-13(16(23)8-12)11-28-20-15(9-14(22)10-17(20)24)19(27-28)21(29)26-18-4-2-3-7-25-18/h2-10H,11H2,1H3,(H,25,26,29). The summed E-state index contributed by atoms with van der Waals surface area (Å²) in [6.45, 7) is 2.33. The van der Waals surface area contributed by atoms with Gasteiger partial charge in [0.05, 0.1) is 17.1 Å². The van der Waals surface area contributed by atoms with Crippen LogP contribution in [0.4, 0.5) is 5.82 Å². The summed E-state index contributed by atoms with van der Waals surface area (Å²) in [4.78, 5) is 17.0. The Morgan fingerprint density at radius 3 is 2.62 bits per heavy atom. The number of halogens is 3. The van der Waals surface area contributed by atoms with Gasteiger partial charge in [0.25, 0.3) is 5.91 Å². The Hall–Kier alpha value is -2.60. The average Bonchev–Trinajstić information content (AvgIpc) is 3.03. The molecule has 0 radical (unpaired) electrons. The lowest BCUT2D eigenvalue weighted by molar-refractivity contribution is 0.102. The van der Waals surface area contributed by atoms with Crippen LogP contribution in [0.15, 0.2) is 54.7 Å². The van der Waals surface area contributed by atoms with E-state index in [2.05, 4.69) is 15.4 Å². The molecule has 0 saturated carbocycles. The van der Waals surface area contributed by atoms with Crippen molar-refractivity contribution in [1.82, 2.24) is 14.8 Å². The maximum atomic E-state index is 12.9. The van der Waals surface area contributed by atoms with E-state index in [-0.39, 0.29) is 5.69 Å². The van der Waals surface area contributed by atoms with E-state index in [0.29, 0.717) is 38.3 Å². The van der Waals surface area contributed by atoms with Crippen molar-refractivity contribution in [1.29, 1.82) is 0 Å². The number of hydrogen-bond acceptors (Lipinski definition) is 3. The van der Waals surface area contributed by atoms with E-state index in [1.807, 2.05) is 25.1 Å². The van der Waals surface area contributed by atoms with Gasteiger partial charge >= 0.3 is 0 Å². The predicted octanol–water partition coefficient (Wildman–Crippen LogP) is 6.00. The minimum atomic E-state index is -0.402. The molecule has 2 heterocycles. The number of amides is 1. The highest BCUT2D eigenvalue weighted by molar-refractivity contribution is 6.39. The Morgan fingerprint density at radius 1 is 1.07 bits per heavy atom. The van der Waals surface area contributed by atoms with Crippen LogP contribution >= 0.6 is 34.8 Å². The fraction of sp³-hybridized carbons (Fsp3) is 0.0952. The van der Waals surface area contributed by atoms with Gasteiger partial charge in [-0.3, -0.25) is 9.48 Å². The minimum Gasteiger partial charge on any atom is -0.305 e. The number of anilines is 1. The van der Waals surface area contributed by atoms with Gasteiger partial charge < -0.3 is 5.32 Å². The van der Waals surface area contributed by atoms with Crippen molar-refractivity contribution in [2.24, 2.45) is 0 Å². The van der Waals surface area contributed by atoms with Crippen LogP contribution in [0.3, 0.4) is 0 Å². The Labute approximate surface area is 182 Å². The summed E-state index contributed by atoms with van der Waals surface area (Å²) in [7, 11) is 0. The SMILES string of the molecule is Cc1ccc(Cn2nc(C(=O)Nc3ccccn3)c3cc(Cl)cc(Cl)c32)c(Cl)c1. The van der Waals surface area contributed by atoms with E-state index in [4.69, 9.17) is 34.8 Å². The maximum Gasteiger partial charge on any atom is 0.277 e. The van der Waals surface area contributed by atoms with Gasteiger partial charge in [-0.05, 0) is 48.4 Å². The molecule has 8 heteroatoms. The average molecular weight is 446 g/mol. The summed E-state index contributed by atoms with van der Waals surface area (Å²) in [5.74, 6) is 0.0238. The number of aryl methyl sites for hydroxylation is 1. The molecule has 0 saturated heterocycles. The number of carbonyl (C=O) groups is 1. The van der Waals surface area contributed by atoms with Crippen molar-refractivity contribution in [3.05, 3.63) is 86.6 Å². The van der Waals surface area contributed by atoms with Crippen molar-refractivity contribution in [2.45, 2.75) is 13.5 Å². The van der Waals surface area contributed by atoms with Gasteiger partial charge in [-0.25, -0.2) is 4.98 Å². The topological polar surface area (TPSA) is 59.8 Å². The van der Waals surface area contributed by atoms with Crippen LogP contribution < -0.4 is 5.32 Å². The Kier molecular flexibility index (Phi) is 5.46. The van der Waals surface area contributed by atoms with E-state index in [9.17, 15) is 4.79 Å². The molecule has 0 bridgehead atoms. The smallest absolute Gasteiger partial charge is 0.277 e. The number of nitrogens with zero attached hydrogens (tertiary/aromatic N) is 3. The number of benzene rings is 2. The second kappa shape index (κ2) is 8.03. The third-order valence-corrected chi connectivity index (χ3v) is 5.27. The van der Waals surface area contributed by atoms with Gasteiger partial charge in [-0.1, -0.05) is 53.0 Å². The summed E-state index contributed by atoms with van der Waals surface area (Å²) in [5.41, 5.74) is 2.74. The molecule has 0 spiro atoms. The molecular formula is C21H15Cl3N4O. The second-order valence-electron chi connectivity index (χ2n) is 6.55. The van der Waals surface area contributed by atoms with Gasteiger partial charge in [-0.15, -0.1) is 0 Å². The summed E-state index contributed by atoms with van der Waals surface area (Å²) >= 11 is 19.0. The molecule has 2 aromatic carbocycles. The molecular weight excluding hydrogens is 431 g/mol. The molecule has 1 N–H and O–H groups in total. The van der Waals surface area contributed by atoms with Crippen LogP contribution in [-0.4, -0.2) is 20.7 Å². The molecule has 0 unspecified atom stereocenters. The highest BCUT2D eigenvalue weighted by Gasteiger charge is 2.21. The van der Waals surface area contributed by atoms with Gasteiger partial charge in [0, 0.05) is 21.6 Å².